The lowest BCUT2D eigenvalue weighted by molar-refractivity contribution is -0.00478. The van der Waals surface area contributed by atoms with Gasteiger partial charge in [-0.05, 0) is 38.4 Å². The summed E-state index contributed by atoms with van der Waals surface area (Å²) < 4.78 is 5.76. The maximum absolute atomic E-state index is 5.76. The minimum absolute atomic E-state index is 0.130. The Kier molecular flexibility index (Phi) is 1.74. The normalized spacial score (nSPS) is 29.0. The van der Waals surface area contributed by atoms with Crippen LogP contribution in [0.2, 0.25) is 0 Å². The number of piperidine rings is 1. The van der Waals surface area contributed by atoms with E-state index < -0.39 is 0 Å². The third kappa shape index (κ3) is 1.10. The summed E-state index contributed by atoms with van der Waals surface area (Å²) in [4.78, 5) is 0. The monoisotopic (exact) mass is 153 g/mol. The minimum atomic E-state index is 0.130. The fourth-order valence-corrected chi connectivity index (χ4v) is 2.00. The van der Waals surface area contributed by atoms with Crippen molar-refractivity contribution in [1.82, 2.24) is 5.32 Å². The quantitative estimate of drug-likeness (QED) is 0.526. The molecule has 1 saturated heterocycles. The lowest BCUT2D eigenvalue weighted by atomic mass is 9.86. The SMILES string of the molecule is CC1=CCOC12CCNCC2. The summed E-state index contributed by atoms with van der Waals surface area (Å²) in [6, 6.07) is 0. The lowest BCUT2D eigenvalue weighted by Crippen LogP contribution is -2.42. The first-order chi connectivity index (χ1) is 5.33. The van der Waals surface area contributed by atoms with Crippen LogP contribution in [0.15, 0.2) is 11.6 Å². The van der Waals surface area contributed by atoms with Gasteiger partial charge in [0.05, 0.1) is 12.2 Å². The Balaban J connectivity index is 2.14. The second-order valence-electron chi connectivity index (χ2n) is 3.44. The third-order valence-corrected chi connectivity index (χ3v) is 2.88. The molecule has 62 valence electrons. The molecule has 0 aliphatic carbocycles. The molecule has 2 aliphatic rings. The standard InChI is InChI=1S/C9H15NO/c1-8-2-7-11-9(8)3-5-10-6-4-9/h2,10H,3-7H2,1H3. The second kappa shape index (κ2) is 2.61. The summed E-state index contributed by atoms with van der Waals surface area (Å²) in [5.74, 6) is 0. The van der Waals surface area contributed by atoms with Crippen molar-refractivity contribution in [1.29, 1.82) is 0 Å². The Morgan fingerprint density at radius 1 is 1.45 bits per heavy atom. The molecule has 0 saturated carbocycles. The van der Waals surface area contributed by atoms with Crippen LogP contribution in [0.25, 0.3) is 0 Å². The fraction of sp³-hybridized carbons (Fsp3) is 0.778. The summed E-state index contributed by atoms with van der Waals surface area (Å²) in [5.41, 5.74) is 1.57. The molecular formula is C9H15NO. The van der Waals surface area contributed by atoms with Crippen LogP contribution >= 0.6 is 0 Å². The Morgan fingerprint density at radius 2 is 2.18 bits per heavy atom. The highest BCUT2D eigenvalue weighted by Gasteiger charge is 2.36. The molecule has 2 rings (SSSR count). The molecule has 0 atom stereocenters. The fourth-order valence-electron chi connectivity index (χ4n) is 2.00. The zero-order valence-corrected chi connectivity index (χ0v) is 7.02. The highest BCUT2D eigenvalue weighted by molar-refractivity contribution is 5.20. The van der Waals surface area contributed by atoms with E-state index in [0.717, 1.165) is 32.5 Å². The van der Waals surface area contributed by atoms with Gasteiger partial charge < -0.3 is 10.1 Å². The van der Waals surface area contributed by atoms with Crippen LogP contribution < -0.4 is 5.32 Å². The van der Waals surface area contributed by atoms with Crippen molar-refractivity contribution in [3.63, 3.8) is 0 Å². The van der Waals surface area contributed by atoms with Gasteiger partial charge in [-0.1, -0.05) is 6.08 Å². The van der Waals surface area contributed by atoms with E-state index in [0.29, 0.717) is 0 Å². The number of ether oxygens (including phenoxy) is 1. The molecule has 0 aromatic carbocycles. The molecule has 11 heavy (non-hydrogen) atoms. The molecule has 2 aliphatic heterocycles. The van der Waals surface area contributed by atoms with Crippen LogP contribution in [0.4, 0.5) is 0 Å². The summed E-state index contributed by atoms with van der Waals surface area (Å²) in [7, 11) is 0. The van der Waals surface area contributed by atoms with Gasteiger partial charge >= 0.3 is 0 Å². The average Bonchev–Trinajstić information content (AvgIpc) is 2.36. The molecule has 1 N–H and O–H groups in total. The zero-order valence-electron chi connectivity index (χ0n) is 7.02. The molecule has 0 aromatic rings. The zero-order chi connectivity index (χ0) is 7.73. The maximum Gasteiger partial charge on any atom is 0.0918 e. The van der Waals surface area contributed by atoms with Crippen molar-refractivity contribution in [2.75, 3.05) is 19.7 Å². The molecule has 0 radical (unpaired) electrons. The average molecular weight is 153 g/mol. The van der Waals surface area contributed by atoms with E-state index in [-0.39, 0.29) is 5.60 Å². The van der Waals surface area contributed by atoms with Crippen molar-refractivity contribution in [2.45, 2.75) is 25.4 Å². The number of hydrogen-bond donors (Lipinski definition) is 1. The first-order valence-corrected chi connectivity index (χ1v) is 4.35. The van der Waals surface area contributed by atoms with Crippen LogP contribution in [0.5, 0.6) is 0 Å². The summed E-state index contributed by atoms with van der Waals surface area (Å²) in [6.45, 7) is 5.22. The first-order valence-electron chi connectivity index (χ1n) is 4.35. The molecule has 2 heteroatoms. The number of rotatable bonds is 0. The van der Waals surface area contributed by atoms with Gasteiger partial charge in [0.15, 0.2) is 0 Å². The van der Waals surface area contributed by atoms with Crippen molar-refractivity contribution >= 4 is 0 Å². The van der Waals surface area contributed by atoms with E-state index in [4.69, 9.17) is 4.74 Å². The Hall–Kier alpha value is -0.340. The summed E-state index contributed by atoms with van der Waals surface area (Å²) >= 11 is 0. The summed E-state index contributed by atoms with van der Waals surface area (Å²) in [6.07, 6.45) is 4.51. The van der Waals surface area contributed by atoms with Gasteiger partial charge in [-0.3, -0.25) is 0 Å². The van der Waals surface area contributed by atoms with Crippen LogP contribution in [-0.4, -0.2) is 25.3 Å². The molecular weight excluding hydrogens is 138 g/mol. The third-order valence-electron chi connectivity index (χ3n) is 2.88. The molecule has 0 amide bonds. The van der Waals surface area contributed by atoms with Gasteiger partial charge in [-0.2, -0.15) is 0 Å². The molecule has 0 bridgehead atoms. The molecule has 0 aromatic heterocycles. The van der Waals surface area contributed by atoms with Gasteiger partial charge in [-0.25, -0.2) is 0 Å². The van der Waals surface area contributed by atoms with Crippen molar-refractivity contribution in [3.8, 4) is 0 Å². The van der Waals surface area contributed by atoms with Crippen molar-refractivity contribution in [3.05, 3.63) is 11.6 Å². The predicted molar refractivity (Wildman–Crippen MR) is 44.5 cm³/mol. The molecule has 1 fully saturated rings. The second-order valence-corrected chi connectivity index (χ2v) is 3.44. The Bertz CT molecular complexity index is 180. The molecule has 0 unspecified atom stereocenters. The van der Waals surface area contributed by atoms with E-state index in [2.05, 4.69) is 18.3 Å². The van der Waals surface area contributed by atoms with Crippen LogP contribution in [-0.2, 0) is 4.74 Å². The van der Waals surface area contributed by atoms with E-state index in [1.165, 1.54) is 5.57 Å². The van der Waals surface area contributed by atoms with E-state index in [9.17, 15) is 0 Å². The van der Waals surface area contributed by atoms with Crippen molar-refractivity contribution in [2.24, 2.45) is 0 Å². The van der Waals surface area contributed by atoms with Crippen LogP contribution in [0, 0.1) is 0 Å². The largest absolute Gasteiger partial charge is 0.366 e. The van der Waals surface area contributed by atoms with Crippen LogP contribution in [0.3, 0.4) is 0 Å². The van der Waals surface area contributed by atoms with Gasteiger partial charge in [0.2, 0.25) is 0 Å². The lowest BCUT2D eigenvalue weighted by Gasteiger charge is -2.34. The smallest absolute Gasteiger partial charge is 0.0918 e. The molecule has 2 heterocycles. The number of nitrogens with one attached hydrogen (secondary N) is 1. The van der Waals surface area contributed by atoms with Gasteiger partial charge in [0, 0.05) is 0 Å². The topological polar surface area (TPSA) is 21.3 Å². The number of hydrogen-bond acceptors (Lipinski definition) is 2. The maximum atomic E-state index is 5.76. The predicted octanol–water partition coefficient (Wildman–Crippen LogP) is 1.09. The Morgan fingerprint density at radius 3 is 2.73 bits per heavy atom. The highest BCUT2D eigenvalue weighted by Crippen LogP contribution is 2.34. The minimum Gasteiger partial charge on any atom is -0.366 e. The molecule has 2 nitrogen and oxygen atoms in total. The van der Waals surface area contributed by atoms with Gasteiger partial charge in [0.25, 0.3) is 0 Å². The first kappa shape index (κ1) is 7.32. The van der Waals surface area contributed by atoms with E-state index >= 15 is 0 Å². The van der Waals surface area contributed by atoms with Crippen LogP contribution in [0.1, 0.15) is 19.8 Å². The van der Waals surface area contributed by atoms with Gasteiger partial charge in [-0.15, -0.1) is 0 Å². The Labute approximate surface area is 67.6 Å². The van der Waals surface area contributed by atoms with E-state index in [1.54, 1.807) is 0 Å². The van der Waals surface area contributed by atoms with Crippen molar-refractivity contribution < 1.29 is 4.74 Å². The molecule has 1 spiro atoms. The van der Waals surface area contributed by atoms with Gasteiger partial charge in [0.1, 0.15) is 0 Å². The summed E-state index contributed by atoms with van der Waals surface area (Å²) in [5, 5.41) is 3.35. The van der Waals surface area contributed by atoms with E-state index in [1.807, 2.05) is 0 Å². The highest BCUT2D eigenvalue weighted by atomic mass is 16.5.